The van der Waals surface area contributed by atoms with Gasteiger partial charge in [0.05, 0.1) is 39.0 Å². The number of hydrogen-bond donors (Lipinski definition) is 2. The van der Waals surface area contributed by atoms with Gasteiger partial charge in [0.15, 0.2) is 0 Å². The molecule has 2 aromatic rings. The van der Waals surface area contributed by atoms with Crippen LogP contribution in [0.2, 0.25) is 0 Å². The number of pyridine rings is 1. The Morgan fingerprint density at radius 1 is 1.26 bits per heavy atom. The number of nitrogens with zero attached hydrogens (tertiary/aromatic N) is 1. The van der Waals surface area contributed by atoms with Gasteiger partial charge in [0.25, 0.3) is 0 Å². The topological polar surface area (TPSA) is 99.1 Å². The molecule has 8 nitrogen and oxygen atoms in total. The lowest BCUT2D eigenvalue weighted by Gasteiger charge is -2.38. The quantitative estimate of drug-likeness (QED) is 0.222. The number of aryl methyl sites for hydroxylation is 1. The number of aromatic nitrogens is 1. The first-order chi connectivity index (χ1) is 20.2. The minimum atomic E-state index is -0.981. The van der Waals surface area contributed by atoms with E-state index in [4.69, 9.17) is 29.0 Å². The summed E-state index contributed by atoms with van der Waals surface area (Å²) in [6.07, 6.45) is 9.32. The van der Waals surface area contributed by atoms with Crippen LogP contribution < -0.4 is 10.1 Å². The molecule has 4 rings (SSSR count). The van der Waals surface area contributed by atoms with Crippen LogP contribution in [0.3, 0.4) is 0 Å². The van der Waals surface area contributed by atoms with E-state index in [0.717, 1.165) is 68.9 Å². The molecule has 0 bridgehead atoms. The van der Waals surface area contributed by atoms with Gasteiger partial charge in [0.1, 0.15) is 23.0 Å². The molecule has 2 N–H and O–H groups in total. The number of anilines is 1. The van der Waals surface area contributed by atoms with Gasteiger partial charge in [-0.25, -0.2) is 9.37 Å². The second-order valence-electron chi connectivity index (χ2n) is 11.4. The van der Waals surface area contributed by atoms with Gasteiger partial charge in [-0.1, -0.05) is 32.4 Å². The fourth-order valence-electron chi connectivity index (χ4n) is 5.14. The van der Waals surface area contributed by atoms with Crippen molar-refractivity contribution in [3.63, 3.8) is 0 Å². The molecule has 2 aliphatic heterocycles. The molecule has 1 fully saturated rings. The van der Waals surface area contributed by atoms with Crippen LogP contribution in [0.5, 0.6) is 5.75 Å². The maximum atomic E-state index is 13.9. The Balaban J connectivity index is 0.000000235. The van der Waals surface area contributed by atoms with Crippen LogP contribution >= 0.6 is 0 Å². The number of halogens is 1. The van der Waals surface area contributed by atoms with E-state index in [1.54, 1.807) is 13.2 Å². The minimum Gasteiger partial charge on any atom is -0.496 e. The number of aliphatic carboxylic acids is 1. The summed E-state index contributed by atoms with van der Waals surface area (Å²) in [5.74, 6) is -0.169. The highest BCUT2D eigenvalue weighted by atomic mass is 19.1. The lowest BCUT2D eigenvalue weighted by molar-refractivity contribution is -0.205. The Hall–Kier alpha value is -2.75. The zero-order valence-electron chi connectivity index (χ0n) is 26.0. The third-order valence-electron chi connectivity index (χ3n) is 7.87. The van der Waals surface area contributed by atoms with E-state index >= 15 is 0 Å². The summed E-state index contributed by atoms with van der Waals surface area (Å²) in [6, 6.07) is 6.57. The zero-order valence-corrected chi connectivity index (χ0v) is 26.0. The number of nitrogens with one attached hydrogen (secondary N) is 1. The fourth-order valence-corrected chi connectivity index (χ4v) is 5.14. The number of carbonyl (C=O) groups is 1. The van der Waals surface area contributed by atoms with Gasteiger partial charge >= 0.3 is 5.97 Å². The molecule has 0 spiro atoms. The molecule has 234 valence electrons. The van der Waals surface area contributed by atoms with Crippen molar-refractivity contribution in [1.29, 1.82) is 0 Å². The van der Waals surface area contributed by atoms with E-state index in [2.05, 4.69) is 25.2 Å². The number of ether oxygens (including phenoxy) is 4. The van der Waals surface area contributed by atoms with Crippen LogP contribution in [0.1, 0.15) is 94.5 Å². The predicted molar refractivity (Wildman–Crippen MR) is 162 cm³/mol. The van der Waals surface area contributed by atoms with Crippen molar-refractivity contribution in [3.05, 3.63) is 52.5 Å². The molecule has 2 unspecified atom stereocenters. The molecule has 2 atom stereocenters. The van der Waals surface area contributed by atoms with E-state index in [1.165, 1.54) is 37.5 Å². The number of methoxy groups -OCH3 is 1. The number of carboxylic acid groups (broad SMARTS) is 1. The molecule has 0 aliphatic carbocycles. The van der Waals surface area contributed by atoms with Crippen LogP contribution in [-0.2, 0) is 38.5 Å². The fraction of sp³-hybridized carbons (Fsp3) is 0.636. The van der Waals surface area contributed by atoms with Crippen LogP contribution in [0, 0.1) is 5.82 Å². The van der Waals surface area contributed by atoms with Crippen molar-refractivity contribution >= 4 is 11.8 Å². The first-order valence-corrected chi connectivity index (χ1v) is 15.3. The summed E-state index contributed by atoms with van der Waals surface area (Å²) in [5.41, 5.74) is 2.72. The summed E-state index contributed by atoms with van der Waals surface area (Å²) in [7, 11) is 1.75. The molecule has 42 heavy (non-hydrogen) atoms. The molecule has 2 aliphatic rings. The van der Waals surface area contributed by atoms with Gasteiger partial charge in [-0.2, -0.15) is 0 Å². The third kappa shape index (κ3) is 9.64. The van der Waals surface area contributed by atoms with Gasteiger partial charge < -0.3 is 29.4 Å². The average molecular weight is 589 g/mol. The molecule has 1 aromatic carbocycles. The highest BCUT2D eigenvalue weighted by Gasteiger charge is 2.35. The largest absolute Gasteiger partial charge is 0.496 e. The maximum Gasteiger partial charge on any atom is 0.310 e. The summed E-state index contributed by atoms with van der Waals surface area (Å²) >= 11 is 0. The number of benzene rings is 1. The van der Waals surface area contributed by atoms with Crippen molar-refractivity contribution in [2.24, 2.45) is 0 Å². The molecule has 3 heterocycles. The number of fused-ring (bicyclic) bond motifs is 1. The monoisotopic (exact) mass is 588 g/mol. The summed E-state index contributed by atoms with van der Waals surface area (Å²) < 4.78 is 36.1. The van der Waals surface area contributed by atoms with Gasteiger partial charge in [0.2, 0.25) is 0 Å². The van der Waals surface area contributed by atoms with Gasteiger partial charge in [-0.05, 0) is 70.4 Å². The highest BCUT2D eigenvalue weighted by Crippen LogP contribution is 2.31. The zero-order chi connectivity index (χ0) is 30.5. The number of hydrogen-bond acceptors (Lipinski definition) is 7. The standard InChI is InChI=1S/C19H32N2O2.C14H17FO4/c1-4-9-16(5-2)23-13-7-6-10-15-14-18(22-3)17-11-8-12-20-19(17)21-15;1-9(13(16)17)10-4-3-5-12(15)11(10)6-19-14(2)7-18-8-14/h14,16H,4-13H2,1-3H3,(H,20,21);3-5,9H,6-8H2,1-2H3,(H,16,17). The van der Waals surface area contributed by atoms with E-state index in [-0.39, 0.29) is 6.61 Å². The molecule has 0 radical (unpaired) electrons. The number of carboxylic acids is 1. The van der Waals surface area contributed by atoms with Gasteiger partial charge in [-0.15, -0.1) is 0 Å². The van der Waals surface area contributed by atoms with Crippen LogP contribution in [0.25, 0.3) is 0 Å². The summed E-state index contributed by atoms with van der Waals surface area (Å²) in [6.45, 7) is 10.7. The number of unbranched alkanes of at least 4 members (excludes halogenated alkanes) is 1. The normalized spacial score (nSPS) is 16.6. The molecular weight excluding hydrogens is 539 g/mol. The van der Waals surface area contributed by atoms with E-state index < -0.39 is 23.3 Å². The molecule has 0 amide bonds. The summed E-state index contributed by atoms with van der Waals surface area (Å²) in [4.78, 5) is 15.8. The van der Waals surface area contributed by atoms with Crippen molar-refractivity contribution in [1.82, 2.24) is 4.98 Å². The smallest absolute Gasteiger partial charge is 0.310 e. The second-order valence-corrected chi connectivity index (χ2v) is 11.4. The summed E-state index contributed by atoms with van der Waals surface area (Å²) in [5, 5.41) is 12.5. The van der Waals surface area contributed by atoms with Crippen LogP contribution in [-0.4, -0.2) is 61.2 Å². The Morgan fingerprint density at radius 3 is 2.69 bits per heavy atom. The second kappa shape index (κ2) is 16.8. The Morgan fingerprint density at radius 2 is 2.05 bits per heavy atom. The third-order valence-corrected chi connectivity index (χ3v) is 7.87. The van der Waals surface area contributed by atoms with E-state index in [1.807, 2.05) is 6.92 Å². The maximum absolute atomic E-state index is 13.9. The predicted octanol–water partition coefficient (Wildman–Crippen LogP) is 6.69. The highest BCUT2D eigenvalue weighted by molar-refractivity contribution is 5.76. The lowest BCUT2D eigenvalue weighted by atomic mass is 9.95. The Bertz CT molecular complexity index is 1120. The minimum absolute atomic E-state index is 0.0550. The van der Waals surface area contributed by atoms with E-state index in [9.17, 15) is 9.18 Å². The van der Waals surface area contributed by atoms with Gasteiger partial charge in [-0.3, -0.25) is 4.79 Å². The molecule has 0 saturated carbocycles. The Kier molecular flexibility index (Phi) is 13.5. The van der Waals surface area contributed by atoms with Crippen LogP contribution in [0.4, 0.5) is 10.2 Å². The Labute approximate surface area is 250 Å². The molecule has 1 aromatic heterocycles. The lowest BCUT2D eigenvalue weighted by Crippen LogP contribution is -2.49. The van der Waals surface area contributed by atoms with Gasteiger partial charge in [0, 0.05) is 36.0 Å². The van der Waals surface area contributed by atoms with Crippen molar-refractivity contribution < 1.29 is 33.2 Å². The van der Waals surface area contributed by atoms with Crippen molar-refractivity contribution in [2.45, 2.75) is 103 Å². The first-order valence-electron chi connectivity index (χ1n) is 15.3. The molecule has 9 heteroatoms. The van der Waals surface area contributed by atoms with Crippen molar-refractivity contribution in [2.75, 3.05) is 38.8 Å². The number of rotatable bonds is 15. The average Bonchev–Trinajstić information content (AvgIpc) is 2.98. The van der Waals surface area contributed by atoms with Crippen LogP contribution in [0.15, 0.2) is 24.3 Å². The first kappa shape index (κ1) is 33.7. The SMILES string of the molecule is CC(C(=O)O)c1cccc(F)c1COC1(C)COC1.CCCC(CC)OCCCCc1cc(OC)c2c(n1)NCCC2. The van der Waals surface area contributed by atoms with Crippen molar-refractivity contribution in [3.8, 4) is 5.75 Å². The molecule has 1 saturated heterocycles. The molecular formula is C33H49FN2O6. The van der Waals surface area contributed by atoms with E-state index in [0.29, 0.717) is 30.4 Å².